The van der Waals surface area contributed by atoms with Crippen LogP contribution in [0.25, 0.3) is 0 Å². The summed E-state index contributed by atoms with van der Waals surface area (Å²) < 4.78 is 20.9. The molecule has 1 atom stereocenters. The van der Waals surface area contributed by atoms with E-state index in [9.17, 15) is 14.0 Å². The minimum atomic E-state index is -0.864. The van der Waals surface area contributed by atoms with Crippen molar-refractivity contribution in [2.24, 2.45) is 15.9 Å². The average molecular weight is 434 g/mol. The summed E-state index contributed by atoms with van der Waals surface area (Å²) in [5.74, 6) is -0.709. The Balaban J connectivity index is 1.77. The molecule has 7 nitrogen and oxygen atoms in total. The molecule has 0 spiro atoms. The predicted molar refractivity (Wildman–Crippen MR) is 108 cm³/mol. The number of carbonyl (C=O) groups excluding carboxylic acids is 2. The van der Waals surface area contributed by atoms with E-state index in [-0.39, 0.29) is 22.4 Å². The SMILES string of the molecule is CN1C(=O)C2C(SCc3c(F)cccc3Cl)=NC(c3ccco3)=NC2=[N+](C)C1=O. The van der Waals surface area contributed by atoms with Crippen LogP contribution in [0, 0.1) is 11.7 Å². The molecule has 10 heteroatoms. The largest absolute Gasteiger partial charge is 0.459 e. The summed E-state index contributed by atoms with van der Waals surface area (Å²) in [6.07, 6.45) is 1.48. The van der Waals surface area contributed by atoms with Gasteiger partial charge in [0.15, 0.2) is 11.7 Å². The van der Waals surface area contributed by atoms with Gasteiger partial charge in [-0.25, -0.2) is 14.2 Å². The van der Waals surface area contributed by atoms with Crippen molar-refractivity contribution in [3.63, 3.8) is 0 Å². The van der Waals surface area contributed by atoms with Crippen molar-refractivity contribution in [1.29, 1.82) is 0 Å². The van der Waals surface area contributed by atoms with E-state index in [2.05, 4.69) is 9.98 Å². The van der Waals surface area contributed by atoms with Gasteiger partial charge in [0.2, 0.25) is 0 Å². The maximum atomic E-state index is 14.2. The highest BCUT2D eigenvalue weighted by atomic mass is 35.5. The number of thioether (sulfide) groups is 1. The van der Waals surface area contributed by atoms with Crippen LogP contribution in [0.5, 0.6) is 0 Å². The summed E-state index contributed by atoms with van der Waals surface area (Å²) in [4.78, 5) is 35.1. The lowest BCUT2D eigenvalue weighted by atomic mass is 10.0. The molecule has 4 rings (SSSR count). The maximum absolute atomic E-state index is 14.2. The summed E-state index contributed by atoms with van der Waals surface area (Å²) in [6, 6.07) is 7.32. The van der Waals surface area contributed by atoms with Gasteiger partial charge in [0.25, 0.3) is 11.7 Å². The van der Waals surface area contributed by atoms with E-state index in [0.717, 1.165) is 4.90 Å². The number of carbonyl (C=O) groups is 2. The molecule has 2 aliphatic rings. The van der Waals surface area contributed by atoms with Crippen molar-refractivity contribution < 1.29 is 23.0 Å². The molecule has 0 fully saturated rings. The number of aliphatic imine (C=N–C) groups is 2. The standard InChI is InChI=1S/C19H15ClFN4O3S/c1-24-16-14(18(26)25(2)19(24)27)17(23-15(22-16)13-7-4-8-28-13)29-9-10-11(20)5-3-6-12(10)21/h3-8,14H,9H2,1-2H3/q+1. The third kappa shape index (κ3) is 3.40. The van der Waals surface area contributed by atoms with Crippen molar-refractivity contribution in [2.45, 2.75) is 5.75 Å². The maximum Gasteiger partial charge on any atom is 0.445 e. The molecule has 0 radical (unpaired) electrons. The first-order valence-corrected chi connectivity index (χ1v) is 9.93. The normalized spacial score (nSPS) is 19.3. The molecule has 1 aromatic carbocycles. The second-order valence-electron chi connectivity index (χ2n) is 6.38. The Morgan fingerprint density at radius 3 is 2.76 bits per heavy atom. The van der Waals surface area contributed by atoms with Gasteiger partial charge in [0.05, 0.1) is 20.4 Å². The number of rotatable bonds is 3. The monoisotopic (exact) mass is 433 g/mol. The second kappa shape index (κ2) is 7.57. The predicted octanol–water partition coefficient (Wildman–Crippen LogP) is 3.41. The topological polar surface area (TPSA) is 78.2 Å². The number of fused-ring (bicyclic) bond motifs is 1. The Morgan fingerprint density at radius 2 is 2.07 bits per heavy atom. The van der Waals surface area contributed by atoms with Crippen molar-refractivity contribution in [1.82, 2.24) is 4.90 Å². The summed E-state index contributed by atoms with van der Waals surface area (Å²) in [5.41, 5.74) is 0.312. The van der Waals surface area contributed by atoms with Crippen LogP contribution in [0.15, 0.2) is 51.0 Å². The van der Waals surface area contributed by atoms with E-state index in [1.165, 1.54) is 48.8 Å². The number of amidine groups is 2. The van der Waals surface area contributed by atoms with E-state index < -0.39 is 23.7 Å². The van der Waals surface area contributed by atoms with E-state index >= 15 is 0 Å². The number of urea groups is 1. The Labute approximate surface area is 174 Å². The molecule has 3 amide bonds. The first-order chi connectivity index (χ1) is 13.9. The lowest BCUT2D eigenvalue weighted by Crippen LogP contribution is -2.54. The highest BCUT2D eigenvalue weighted by molar-refractivity contribution is 8.13. The minimum Gasteiger partial charge on any atom is -0.459 e. The van der Waals surface area contributed by atoms with Crippen LogP contribution in [0.1, 0.15) is 11.3 Å². The smallest absolute Gasteiger partial charge is 0.445 e. The Bertz CT molecular complexity index is 1090. The molecule has 0 saturated heterocycles. The molecule has 3 heterocycles. The lowest BCUT2D eigenvalue weighted by molar-refractivity contribution is -0.407. The molecular weight excluding hydrogens is 419 g/mol. The van der Waals surface area contributed by atoms with Crippen molar-refractivity contribution >= 4 is 52.0 Å². The van der Waals surface area contributed by atoms with Crippen LogP contribution < -0.4 is 0 Å². The van der Waals surface area contributed by atoms with Crippen LogP contribution in [-0.4, -0.2) is 52.2 Å². The molecule has 0 bridgehead atoms. The van der Waals surface area contributed by atoms with E-state index in [4.69, 9.17) is 16.0 Å². The summed E-state index contributed by atoms with van der Waals surface area (Å²) in [6.45, 7) is 0. The van der Waals surface area contributed by atoms with Crippen molar-refractivity contribution in [3.05, 3.63) is 58.8 Å². The molecule has 0 saturated carbocycles. The van der Waals surface area contributed by atoms with E-state index in [1.54, 1.807) is 18.2 Å². The summed E-state index contributed by atoms with van der Waals surface area (Å²) >= 11 is 7.29. The molecule has 0 N–H and O–H groups in total. The molecule has 148 valence electrons. The number of imide groups is 1. The first kappa shape index (κ1) is 19.5. The number of hydrogen-bond acceptors (Lipinski definition) is 6. The Kier molecular flexibility index (Phi) is 5.10. The molecular formula is C19H15ClFN4O3S+. The molecule has 29 heavy (non-hydrogen) atoms. The van der Waals surface area contributed by atoms with Crippen LogP contribution in [0.2, 0.25) is 5.02 Å². The number of amides is 3. The quantitative estimate of drug-likeness (QED) is 0.695. The zero-order valence-electron chi connectivity index (χ0n) is 15.4. The molecule has 0 aliphatic carbocycles. The molecule has 2 aliphatic heterocycles. The zero-order valence-corrected chi connectivity index (χ0v) is 17.0. The fourth-order valence-electron chi connectivity index (χ4n) is 3.02. The van der Waals surface area contributed by atoms with Gasteiger partial charge in [0.1, 0.15) is 10.9 Å². The van der Waals surface area contributed by atoms with Gasteiger partial charge >= 0.3 is 11.9 Å². The van der Waals surface area contributed by atoms with Gasteiger partial charge in [-0.15, -0.1) is 11.8 Å². The second-order valence-corrected chi connectivity index (χ2v) is 7.78. The van der Waals surface area contributed by atoms with Crippen LogP contribution in [-0.2, 0) is 10.5 Å². The first-order valence-electron chi connectivity index (χ1n) is 8.57. The molecule has 1 unspecified atom stereocenters. The van der Waals surface area contributed by atoms with E-state index in [1.807, 2.05) is 0 Å². The number of furan rings is 1. The van der Waals surface area contributed by atoms with Gasteiger partial charge < -0.3 is 4.42 Å². The highest BCUT2D eigenvalue weighted by Crippen LogP contribution is 2.31. The molecule has 2 aromatic rings. The number of benzene rings is 1. The van der Waals surface area contributed by atoms with E-state index in [0.29, 0.717) is 16.4 Å². The summed E-state index contributed by atoms with van der Waals surface area (Å²) in [5, 5.41) is 0.675. The van der Waals surface area contributed by atoms with Gasteiger partial charge in [-0.1, -0.05) is 22.7 Å². The van der Waals surface area contributed by atoms with Gasteiger partial charge in [-0.3, -0.25) is 4.79 Å². The van der Waals surface area contributed by atoms with Gasteiger partial charge in [-0.05, 0) is 24.3 Å². The highest BCUT2D eigenvalue weighted by Gasteiger charge is 2.49. The van der Waals surface area contributed by atoms with Crippen LogP contribution in [0.4, 0.5) is 9.18 Å². The third-order valence-electron chi connectivity index (χ3n) is 4.60. The number of hydrogen-bond donors (Lipinski definition) is 0. The fourth-order valence-corrected chi connectivity index (χ4v) is 4.44. The number of nitrogens with zero attached hydrogens (tertiary/aromatic N) is 4. The van der Waals surface area contributed by atoms with Crippen molar-refractivity contribution in [3.8, 4) is 0 Å². The third-order valence-corrected chi connectivity index (χ3v) is 6.01. The average Bonchev–Trinajstić information content (AvgIpc) is 3.24. The fraction of sp³-hybridized carbons (Fsp3) is 0.211. The lowest BCUT2D eigenvalue weighted by Gasteiger charge is -2.26. The Morgan fingerprint density at radius 1 is 1.28 bits per heavy atom. The summed E-state index contributed by atoms with van der Waals surface area (Å²) in [7, 11) is 2.94. The minimum absolute atomic E-state index is 0.161. The van der Waals surface area contributed by atoms with Crippen LogP contribution >= 0.6 is 23.4 Å². The number of halogens is 2. The zero-order chi connectivity index (χ0) is 20.7. The van der Waals surface area contributed by atoms with Crippen molar-refractivity contribution in [2.75, 3.05) is 14.1 Å². The molecule has 1 aromatic heterocycles. The van der Waals surface area contributed by atoms with Gasteiger partial charge in [-0.2, -0.15) is 9.48 Å². The van der Waals surface area contributed by atoms with Crippen LogP contribution in [0.3, 0.4) is 0 Å². The Hall–Kier alpha value is -2.78. The van der Waals surface area contributed by atoms with Gasteiger partial charge in [0, 0.05) is 16.3 Å².